The van der Waals surface area contributed by atoms with Crippen LogP contribution < -0.4 is 5.32 Å². The molecule has 4 heteroatoms. The number of nitrogens with zero attached hydrogens (tertiary/aromatic N) is 2. The Morgan fingerprint density at radius 1 is 1.39 bits per heavy atom. The number of carbonyl (C=O) groups is 1. The van der Waals surface area contributed by atoms with Crippen LogP contribution in [0.2, 0.25) is 0 Å². The molecule has 1 fully saturated rings. The molecule has 0 aliphatic carbocycles. The summed E-state index contributed by atoms with van der Waals surface area (Å²) in [5.74, 6) is 0.497. The number of hydrogen-bond donors (Lipinski definition) is 1. The second kappa shape index (κ2) is 7.10. The van der Waals surface area contributed by atoms with Crippen LogP contribution in [0.15, 0.2) is 0 Å². The van der Waals surface area contributed by atoms with E-state index >= 15 is 0 Å². The fourth-order valence-electron chi connectivity index (χ4n) is 2.76. The summed E-state index contributed by atoms with van der Waals surface area (Å²) in [7, 11) is 4.11. The van der Waals surface area contributed by atoms with Gasteiger partial charge in [-0.3, -0.25) is 4.79 Å². The van der Waals surface area contributed by atoms with Crippen LogP contribution in [0.1, 0.15) is 33.6 Å². The van der Waals surface area contributed by atoms with Crippen molar-refractivity contribution in [1.29, 1.82) is 0 Å². The van der Waals surface area contributed by atoms with Crippen molar-refractivity contribution in [2.24, 2.45) is 5.92 Å². The third-order valence-electron chi connectivity index (χ3n) is 3.80. The van der Waals surface area contributed by atoms with Crippen LogP contribution in [0.5, 0.6) is 0 Å². The third-order valence-corrected chi connectivity index (χ3v) is 3.80. The zero-order chi connectivity index (χ0) is 13.7. The van der Waals surface area contributed by atoms with Crippen molar-refractivity contribution in [2.75, 3.05) is 33.7 Å². The van der Waals surface area contributed by atoms with E-state index in [1.165, 1.54) is 0 Å². The maximum Gasteiger partial charge on any atom is 0.227 e. The maximum absolute atomic E-state index is 12.5. The minimum absolute atomic E-state index is 0.172. The Morgan fingerprint density at radius 3 is 2.50 bits per heavy atom. The van der Waals surface area contributed by atoms with Gasteiger partial charge in [0.25, 0.3) is 0 Å². The highest BCUT2D eigenvalue weighted by Gasteiger charge is 2.29. The van der Waals surface area contributed by atoms with Gasteiger partial charge in [-0.05, 0) is 47.7 Å². The number of likely N-dealkylation sites (N-methyl/N-ethyl adjacent to an activating group) is 2. The molecule has 0 aromatic rings. The number of nitrogens with one attached hydrogen (secondary N) is 1. The minimum atomic E-state index is 0.172. The van der Waals surface area contributed by atoms with Crippen molar-refractivity contribution in [3.63, 3.8) is 0 Å². The Balaban J connectivity index is 2.56. The molecule has 0 radical (unpaired) electrons. The number of rotatable bonds is 5. The van der Waals surface area contributed by atoms with E-state index in [0.29, 0.717) is 11.9 Å². The molecule has 106 valence electrons. The van der Waals surface area contributed by atoms with Crippen molar-refractivity contribution < 1.29 is 4.79 Å². The molecule has 0 saturated carbocycles. The standard InChI is InChI=1S/C14H29N3O/c1-6-17(12(3)10-16(4)5)14(18)13-8-7-11(2)15-9-13/h11-13,15H,6-10H2,1-5H3. The average Bonchev–Trinajstić information content (AvgIpc) is 2.29. The quantitative estimate of drug-likeness (QED) is 0.801. The molecule has 0 spiro atoms. The first-order valence-corrected chi connectivity index (χ1v) is 7.14. The number of hydrogen-bond acceptors (Lipinski definition) is 3. The van der Waals surface area contributed by atoms with Gasteiger partial charge in [0.1, 0.15) is 0 Å². The molecule has 1 saturated heterocycles. The summed E-state index contributed by atoms with van der Waals surface area (Å²) in [5.41, 5.74) is 0. The lowest BCUT2D eigenvalue weighted by molar-refractivity contribution is -0.138. The third kappa shape index (κ3) is 4.25. The lowest BCUT2D eigenvalue weighted by atomic mass is 9.94. The highest BCUT2D eigenvalue weighted by molar-refractivity contribution is 5.79. The summed E-state index contributed by atoms with van der Waals surface area (Å²) in [4.78, 5) is 16.7. The van der Waals surface area contributed by atoms with Crippen molar-refractivity contribution in [3.05, 3.63) is 0 Å². The Kier molecular flexibility index (Phi) is 6.09. The van der Waals surface area contributed by atoms with Crippen molar-refractivity contribution in [3.8, 4) is 0 Å². The Morgan fingerprint density at radius 2 is 2.06 bits per heavy atom. The van der Waals surface area contributed by atoms with Gasteiger partial charge >= 0.3 is 0 Å². The predicted molar refractivity (Wildman–Crippen MR) is 75.6 cm³/mol. The number of piperidine rings is 1. The summed E-state index contributed by atoms with van der Waals surface area (Å²) in [6.07, 6.45) is 2.13. The van der Waals surface area contributed by atoms with Crippen LogP contribution in [0.4, 0.5) is 0 Å². The molecular formula is C14H29N3O. The largest absolute Gasteiger partial charge is 0.339 e. The molecule has 3 unspecified atom stereocenters. The van der Waals surface area contributed by atoms with E-state index in [9.17, 15) is 4.79 Å². The van der Waals surface area contributed by atoms with E-state index in [4.69, 9.17) is 0 Å². The molecule has 1 aliphatic heterocycles. The normalized spacial score (nSPS) is 26.1. The fraction of sp³-hybridized carbons (Fsp3) is 0.929. The lowest BCUT2D eigenvalue weighted by Gasteiger charge is -2.35. The molecule has 1 rings (SSSR count). The van der Waals surface area contributed by atoms with Gasteiger partial charge in [0.15, 0.2) is 0 Å². The van der Waals surface area contributed by atoms with E-state index in [0.717, 1.165) is 32.5 Å². The zero-order valence-electron chi connectivity index (χ0n) is 12.6. The molecule has 0 aromatic carbocycles. The van der Waals surface area contributed by atoms with Crippen molar-refractivity contribution in [2.45, 2.75) is 45.7 Å². The van der Waals surface area contributed by atoms with Crippen molar-refractivity contribution in [1.82, 2.24) is 15.1 Å². The number of amides is 1. The minimum Gasteiger partial charge on any atom is -0.339 e. The van der Waals surface area contributed by atoms with Gasteiger partial charge in [-0.25, -0.2) is 0 Å². The SMILES string of the molecule is CCN(C(=O)C1CCC(C)NC1)C(C)CN(C)C. The van der Waals surface area contributed by atoms with E-state index in [1.807, 2.05) is 4.90 Å². The van der Waals surface area contributed by atoms with Crippen LogP contribution in [0, 0.1) is 5.92 Å². The molecular weight excluding hydrogens is 226 g/mol. The lowest BCUT2D eigenvalue weighted by Crippen LogP contribution is -2.50. The molecule has 3 atom stereocenters. The fourth-order valence-corrected chi connectivity index (χ4v) is 2.76. The summed E-state index contributed by atoms with van der Waals surface area (Å²) < 4.78 is 0. The summed E-state index contributed by atoms with van der Waals surface area (Å²) >= 11 is 0. The smallest absolute Gasteiger partial charge is 0.227 e. The van der Waals surface area contributed by atoms with Gasteiger partial charge in [-0.2, -0.15) is 0 Å². The Bertz CT molecular complexity index is 260. The molecule has 1 N–H and O–H groups in total. The van der Waals surface area contributed by atoms with Crippen molar-refractivity contribution >= 4 is 5.91 Å². The highest BCUT2D eigenvalue weighted by atomic mass is 16.2. The summed E-state index contributed by atoms with van der Waals surface area (Å²) in [6.45, 7) is 8.97. The molecule has 0 bridgehead atoms. The zero-order valence-corrected chi connectivity index (χ0v) is 12.6. The molecule has 4 nitrogen and oxygen atoms in total. The van der Waals surface area contributed by atoms with E-state index < -0.39 is 0 Å². The van der Waals surface area contributed by atoms with Crippen LogP contribution in [0.3, 0.4) is 0 Å². The van der Waals surface area contributed by atoms with E-state index in [2.05, 4.69) is 45.1 Å². The molecule has 1 aliphatic rings. The molecule has 1 amide bonds. The van der Waals surface area contributed by atoms with Crippen LogP contribution in [-0.4, -0.2) is 61.5 Å². The molecule has 0 aromatic heterocycles. The first-order chi connectivity index (χ1) is 8.45. The van der Waals surface area contributed by atoms with Gasteiger partial charge in [0.2, 0.25) is 5.91 Å². The molecule has 1 heterocycles. The van der Waals surface area contributed by atoms with E-state index in [-0.39, 0.29) is 12.0 Å². The van der Waals surface area contributed by atoms with Crippen LogP contribution in [-0.2, 0) is 4.79 Å². The summed E-state index contributed by atoms with van der Waals surface area (Å²) in [5, 5.41) is 3.41. The van der Waals surface area contributed by atoms with Gasteiger partial charge in [0.05, 0.1) is 5.92 Å². The summed E-state index contributed by atoms with van der Waals surface area (Å²) in [6, 6.07) is 0.847. The maximum atomic E-state index is 12.5. The number of carbonyl (C=O) groups excluding carboxylic acids is 1. The Labute approximate surface area is 112 Å². The van der Waals surface area contributed by atoms with Gasteiger partial charge in [-0.1, -0.05) is 0 Å². The van der Waals surface area contributed by atoms with E-state index in [1.54, 1.807) is 0 Å². The van der Waals surface area contributed by atoms with Gasteiger partial charge in [-0.15, -0.1) is 0 Å². The van der Waals surface area contributed by atoms with Gasteiger partial charge in [0, 0.05) is 31.7 Å². The second-order valence-electron chi connectivity index (χ2n) is 5.82. The van der Waals surface area contributed by atoms with Gasteiger partial charge < -0.3 is 15.1 Å². The topological polar surface area (TPSA) is 35.6 Å². The monoisotopic (exact) mass is 255 g/mol. The highest BCUT2D eigenvalue weighted by Crippen LogP contribution is 2.18. The second-order valence-corrected chi connectivity index (χ2v) is 5.82. The predicted octanol–water partition coefficient (Wildman–Crippen LogP) is 1.17. The van der Waals surface area contributed by atoms with Crippen LogP contribution in [0.25, 0.3) is 0 Å². The Hall–Kier alpha value is -0.610. The average molecular weight is 255 g/mol. The molecule has 18 heavy (non-hydrogen) atoms. The first kappa shape index (κ1) is 15.4. The first-order valence-electron chi connectivity index (χ1n) is 7.14. The van der Waals surface area contributed by atoms with Crippen LogP contribution >= 0.6 is 0 Å².